The Morgan fingerprint density at radius 2 is 2.00 bits per heavy atom. The fourth-order valence-electron chi connectivity index (χ4n) is 3.61. The second-order valence-corrected chi connectivity index (χ2v) is 7.34. The van der Waals surface area contributed by atoms with Gasteiger partial charge in [0.2, 0.25) is 0 Å². The minimum Gasteiger partial charge on any atom is -0.378 e. The van der Waals surface area contributed by atoms with Crippen LogP contribution >= 0.6 is 0 Å². The number of amides is 1. The van der Waals surface area contributed by atoms with Crippen molar-refractivity contribution in [3.63, 3.8) is 0 Å². The van der Waals surface area contributed by atoms with Crippen LogP contribution in [0.2, 0.25) is 0 Å². The van der Waals surface area contributed by atoms with Gasteiger partial charge in [-0.3, -0.25) is 9.48 Å². The molecule has 0 saturated carbocycles. The van der Waals surface area contributed by atoms with Gasteiger partial charge >= 0.3 is 0 Å². The van der Waals surface area contributed by atoms with E-state index in [1.54, 1.807) is 11.0 Å². The molecule has 134 valence electrons. The fourth-order valence-corrected chi connectivity index (χ4v) is 3.61. The average Bonchev–Trinajstić information content (AvgIpc) is 2.97. The maximum absolute atomic E-state index is 12.9. The number of benzene rings is 1. The molecule has 2 aromatic rings. The monoisotopic (exact) mass is 341 g/mol. The van der Waals surface area contributed by atoms with Crippen LogP contribution in [0.15, 0.2) is 24.5 Å². The Morgan fingerprint density at radius 1 is 1.28 bits per heavy atom. The average molecular weight is 341 g/mol. The van der Waals surface area contributed by atoms with E-state index >= 15 is 0 Å². The van der Waals surface area contributed by atoms with Crippen molar-refractivity contribution >= 4 is 11.6 Å². The summed E-state index contributed by atoms with van der Waals surface area (Å²) in [5.74, 6) is 2.10. The number of hydrogen-bond donors (Lipinski definition) is 1. The van der Waals surface area contributed by atoms with Crippen molar-refractivity contribution in [2.24, 2.45) is 18.9 Å². The third-order valence-electron chi connectivity index (χ3n) is 4.88. The first kappa shape index (κ1) is 17.5. The molecule has 2 unspecified atom stereocenters. The van der Waals surface area contributed by atoms with Crippen molar-refractivity contribution in [1.82, 2.24) is 19.7 Å². The summed E-state index contributed by atoms with van der Waals surface area (Å²) in [6, 6.07) is 5.89. The number of carbonyl (C=O) groups excluding carboxylic acids is 1. The van der Waals surface area contributed by atoms with Crippen LogP contribution in [0.3, 0.4) is 0 Å². The normalized spacial score (nSPS) is 20.6. The molecule has 1 fully saturated rings. The van der Waals surface area contributed by atoms with Crippen LogP contribution in [0, 0.1) is 18.8 Å². The molecule has 1 saturated heterocycles. The zero-order valence-electron chi connectivity index (χ0n) is 15.5. The Labute approximate surface area is 149 Å². The molecule has 3 rings (SSSR count). The van der Waals surface area contributed by atoms with Crippen LogP contribution in [0.5, 0.6) is 0 Å². The van der Waals surface area contributed by atoms with Crippen molar-refractivity contribution < 1.29 is 4.79 Å². The van der Waals surface area contributed by atoms with Crippen molar-refractivity contribution in [3.05, 3.63) is 41.5 Å². The highest BCUT2D eigenvalue weighted by atomic mass is 16.2. The highest BCUT2D eigenvalue weighted by molar-refractivity contribution is 5.95. The van der Waals surface area contributed by atoms with E-state index in [1.807, 2.05) is 37.1 Å². The number of aryl methyl sites for hydroxylation is 2. The quantitative estimate of drug-likeness (QED) is 0.929. The van der Waals surface area contributed by atoms with Gasteiger partial charge in [0.05, 0.1) is 6.54 Å². The van der Waals surface area contributed by atoms with E-state index in [2.05, 4.69) is 29.2 Å². The Bertz CT molecular complexity index is 744. The van der Waals surface area contributed by atoms with Gasteiger partial charge in [-0.15, -0.1) is 0 Å². The van der Waals surface area contributed by atoms with Gasteiger partial charge in [-0.25, -0.2) is 4.98 Å². The Hall–Kier alpha value is -2.37. The van der Waals surface area contributed by atoms with E-state index in [4.69, 9.17) is 0 Å². The smallest absolute Gasteiger partial charge is 0.253 e. The number of aromatic nitrogens is 3. The number of nitrogens with one attached hydrogen (secondary N) is 1. The first-order valence-corrected chi connectivity index (χ1v) is 8.90. The van der Waals surface area contributed by atoms with Gasteiger partial charge in [-0.2, -0.15) is 5.10 Å². The van der Waals surface area contributed by atoms with Crippen LogP contribution in [-0.2, 0) is 13.6 Å². The number of nitrogens with zero attached hydrogens (tertiary/aromatic N) is 4. The molecule has 1 aliphatic heterocycles. The van der Waals surface area contributed by atoms with Crippen molar-refractivity contribution in [3.8, 4) is 0 Å². The van der Waals surface area contributed by atoms with Crippen molar-refractivity contribution in [2.45, 2.75) is 33.7 Å². The lowest BCUT2D eigenvalue weighted by Gasteiger charge is -2.35. The highest BCUT2D eigenvalue weighted by Crippen LogP contribution is 2.24. The van der Waals surface area contributed by atoms with E-state index in [1.165, 1.54) is 6.42 Å². The van der Waals surface area contributed by atoms with Crippen LogP contribution in [-0.4, -0.2) is 38.7 Å². The van der Waals surface area contributed by atoms with Crippen LogP contribution in [0.25, 0.3) is 0 Å². The minimum atomic E-state index is 0.125. The second-order valence-electron chi connectivity index (χ2n) is 7.34. The number of hydrogen-bond acceptors (Lipinski definition) is 4. The Kier molecular flexibility index (Phi) is 5.06. The van der Waals surface area contributed by atoms with E-state index in [-0.39, 0.29) is 5.91 Å². The zero-order chi connectivity index (χ0) is 18.0. The Balaban J connectivity index is 1.74. The second kappa shape index (κ2) is 7.25. The number of rotatable bonds is 4. The fraction of sp³-hybridized carbons (Fsp3) is 0.526. The summed E-state index contributed by atoms with van der Waals surface area (Å²) < 4.78 is 1.74. The molecule has 1 aliphatic rings. The minimum absolute atomic E-state index is 0.125. The maximum Gasteiger partial charge on any atom is 0.253 e. The predicted octanol–water partition coefficient (Wildman–Crippen LogP) is 2.85. The molecule has 2 atom stereocenters. The van der Waals surface area contributed by atoms with E-state index in [9.17, 15) is 4.79 Å². The van der Waals surface area contributed by atoms with Crippen LogP contribution < -0.4 is 5.32 Å². The van der Waals surface area contributed by atoms with Gasteiger partial charge in [0.1, 0.15) is 12.2 Å². The number of anilines is 1. The zero-order valence-corrected chi connectivity index (χ0v) is 15.5. The molecule has 0 aliphatic carbocycles. The first-order chi connectivity index (χ1) is 11.9. The summed E-state index contributed by atoms with van der Waals surface area (Å²) in [5, 5.41) is 7.46. The van der Waals surface area contributed by atoms with Gasteiger partial charge in [0, 0.05) is 31.4 Å². The topological polar surface area (TPSA) is 63.1 Å². The summed E-state index contributed by atoms with van der Waals surface area (Å²) in [6.07, 6.45) is 2.74. The van der Waals surface area contributed by atoms with Crippen molar-refractivity contribution in [2.75, 3.05) is 18.4 Å². The standard InChI is InChI=1S/C19H27N5O/c1-13-7-14(2)11-24(10-13)19(25)16-6-5-15(3)17(8-16)20-9-18-21-12-22-23(18)4/h5-6,8,12-14,20H,7,9-11H2,1-4H3. The van der Waals surface area contributed by atoms with Gasteiger partial charge in [0.15, 0.2) is 0 Å². The molecule has 2 heterocycles. The predicted molar refractivity (Wildman–Crippen MR) is 98.4 cm³/mol. The highest BCUT2D eigenvalue weighted by Gasteiger charge is 2.26. The van der Waals surface area contributed by atoms with Crippen molar-refractivity contribution in [1.29, 1.82) is 0 Å². The number of likely N-dealkylation sites (tertiary alicyclic amines) is 1. The molecule has 1 amide bonds. The third kappa shape index (κ3) is 4.00. The molecule has 0 spiro atoms. The number of carbonyl (C=O) groups is 1. The lowest BCUT2D eigenvalue weighted by atomic mass is 9.91. The SMILES string of the molecule is Cc1ccc(C(=O)N2CC(C)CC(C)C2)cc1NCc1ncnn1C. The first-order valence-electron chi connectivity index (χ1n) is 8.90. The lowest BCUT2D eigenvalue weighted by Crippen LogP contribution is -2.42. The van der Waals surface area contributed by atoms with Gasteiger partial charge < -0.3 is 10.2 Å². The van der Waals surface area contributed by atoms with Gasteiger partial charge in [0.25, 0.3) is 5.91 Å². The molecule has 6 heteroatoms. The van der Waals surface area contributed by atoms with Gasteiger partial charge in [-0.1, -0.05) is 19.9 Å². The Morgan fingerprint density at radius 3 is 2.64 bits per heavy atom. The van der Waals surface area contributed by atoms with Gasteiger partial charge in [-0.05, 0) is 42.9 Å². The molecular formula is C19H27N5O. The molecule has 6 nitrogen and oxygen atoms in total. The third-order valence-corrected chi connectivity index (χ3v) is 4.88. The summed E-state index contributed by atoms with van der Waals surface area (Å²) in [5.41, 5.74) is 2.82. The summed E-state index contributed by atoms with van der Waals surface area (Å²) in [7, 11) is 1.87. The van der Waals surface area contributed by atoms with Crippen LogP contribution in [0.1, 0.15) is 42.0 Å². The van der Waals surface area contributed by atoms with E-state index < -0.39 is 0 Å². The summed E-state index contributed by atoms with van der Waals surface area (Å²) in [6.45, 7) is 8.75. The molecule has 0 bridgehead atoms. The summed E-state index contributed by atoms with van der Waals surface area (Å²) in [4.78, 5) is 19.1. The molecule has 25 heavy (non-hydrogen) atoms. The molecule has 0 radical (unpaired) electrons. The maximum atomic E-state index is 12.9. The van der Waals surface area contributed by atoms with E-state index in [0.717, 1.165) is 35.7 Å². The number of piperidine rings is 1. The summed E-state index contributed by atoms with van der Waals surface area (Å²) >= 11 is 0. The molecular weight excluding hydrogens is 314 g/mol. The molecule has 1 aromatic heterocycles. The van der Waals surface area contributed by atoms with E-state index in [0.29, 0.717) is 18.4 Å². The molecule has 1 N–H and O–H groups in total. The lowest BCUT2D eigenvalue weighted by molar-refractivity contribution is 0.0623. The molecule has 1 aromatic carbocycles. The largest absolute Gasteiger partial charge is 0.378 e. The van der Waals surface area contributed by atoms with Crippen LogP contribution in [0.4, 0.5) is 5.69 Å².